The maximum atomic E-state index is 12.6. The van der Waals surface area contributed by atoms with Gasteiger partial charge in [-0.1, -0.05) is 0 Å². The lowest BCUT2D eigenvalue weighted by Crippen LogP contribution is -2.52. The Kier molecular flexibility index (Phi) is 7.26. The standard InChI is InChI=1S/C20H29N3O5S/c1-4-27-20(26)17-13(2)14(3)29-18(17)21-16(24)12-22-7-9-23(10-8-22)19(25)15-6-5-11-28-15/h15H,4-12H2,1-3H3,(H,21,24)/t15-/m1/s1. The number of amides is 2. The minimum atomic E-state index is -0.411. The molecule has 0 bridgehead atoms. The Balaban J connectivity index is 1.52. The van der Waals surface area contributed by atoms with Crippen molar-refractivity contribution in [2.75, 3.05) is 51.3 Å². The molecule has 2 fully saturated rings. The van der Waals surface area contributed by atoms with Gasteiger partial charge in [0, 0.05) is 37.7 Å². The Bertz CT molecular complexity index is 764. The van der Waals surface area contributed by atoms with Gasteiger partial charge in [-0.2, -0.15) is 0 Å². The molecule has 2 aliphatic rings. The summed E-state index contributed by atoms with van der Waals surface area (Å²) in [6.45, 7) is 9.17. The van der Waals surface area contributed by atoms with Crippen LogP contribution < -0.4 is 5.32 Å². The third-order valence-electron chi connectivity index (χ3n) is 5.37. The van der Waals surface area contributed by atoms with Crippen LogP contribution in [-0.2, 0) is 19.1 Å². The van der Waals surface area contributed by atoms with E-state index < -0.39 is 5.97 Å². The fourth-order valence-corrected chi connectivity index (χ4v) is 4.70. The molecule has 0 spiro atoms. The highest BCUT2D eigenvalue weighted by Gasteiger charge is 2.31. The van der Waals surface area contributed by atoms with Crippen LogP contribution in [0.15, 0.2) is 0 Å². The summed E-state index contributed by atoms with van der Waals surface area (Å²) in [5, 5.41) is 3.41. The predicted molar refractivity (Wildman–Crippen MR) is 110 cm³/mol. The Hall–Kier alpha value is -1.97. The van der Waals surface area contributed by atoms with Crippen molar-refractivity contribution in [2.24, 2.45) is 0 Å². The average molecular weight is 424 g/mol. The molecule has 1 N–H and O–H groups in total. The largest absolute Gasteiger partial charge is 0.462 e. The van der Waals surface area contributed by atoms with Crippen molar-refractivity contribution in [3.63, 3.8) is 0 Å². The first-order chi connectivity index (χ1) is 13.9. The van der Waals surface area contributed by atoms with E-state index >= 15 is 0 Å². The quantitative estimate of drug-likeness (QED) is 0.702. The average Bonchev–Trinajstić information content (AvgIpc) is 3.31. The molecule has 0 saturated carbocycles. The van der Waals surface area contributed by atoms with Crippen LogP contribution in [0.3, 0.4) is 0 Å². The second-order valence-corrected chi connectivity index (χ2v) is 8.58. The fraction of sp³-hybridized carbons (Fsp3) is 0.650. The number of ether oxygens (including phenoxy) is 2. The summed E-state index contributed by atoms with van der Waals surface area (Å²) in [4.78, 5) is 42.1. The molecule has 8 nitrogen and oxygen atoms in total. The fourth-order valence-electron chi connectivity index (χ4n) is 3.64. The molecule has 1 aromatic rings. The van der Waals surface area contributed by atoms with Crippen LogP contribution in [0, 0.1) is 13.8 Å². The summed E-state index contributed by atoms with van der Waals surface area (Å²) in [6.07, 6.45) is 1.44. The summed E-state index contributed by atoms with van der Waals surface area (Å²) >= 11 is 1.39. The third-order valence-corrected chi connectivity index (χ3v) is 6.50. The number of piperazine rings is 1. The van der Waals surface area contributed by atoms with Crippen molar-refractivity contribution in [2.45, 2.75) is 39.7 Å². The Morgan fingerprint density at radius 3 is 2.55 bits per heavy atom. The first-order valence-electron chi connectivity index (χ1n) is 10.1. The lowest BCUT2D eigenvalue weighted by atomic mass is 10.1. The van der Waals surface area contributed by atoms with Gasteiger partial charge in [-0.25, -0.2) is 4.79 Å². The van der Waals surface area contributed by atoms with Gasteiger partial charge in [-0.3, -0.25) is 14.5 Å². The van der Waals surface area contributed by atoms with Gasteiger partial charge in [0.1, 0.15) is 11.1 Å². The molecule has 1 aromatic heterocycles. The van der Waals surface area contributed by atoms with Crippen LogP contribution in [0.25, 0.3) is 0 Å². The molecule has 3 heterocycles. The van der Waals surface area contributed by atoms with E-state index in [0.29, 0.717) is 43.4 Å². The second kappa shape index (κ2) is 9.69. The van der Waals surface area contributed by atoms with Crippen LogP contribution in [0.5, 0.6) is 0 Å². The lowest BCUT2D eigenvalue weighted by Gasteiger charge is -2.35. The van der Waals surface area contributed by atoms with Gasteiger partial charge in [0.25, 0.3) is 5.91 Å². The van der Waals surface area contributed by atoms with Gasteiger partial charge in [-0.15, -0.1) is 11.3 Å². The van der Waals surface area contributed by atoms with Crippen LogP contribution in [0.2, 0.25) is 0 Å². The number of anilines is 1. The molecule has 160 valence electrons. The van der Waals surface area contributed by atoms with Gasteiger partial charge in [-0.05, 0) is 39.2 Å². The maximum absolute atomic E-state index is 12.6. The van der Waals surface area contributed by atoms with Gasteiger partial charge in [0.15, 0.2) is 0 Å². The number of aryl methyl sites for hydroxylation is 1. The smallest absolute Gasteiger partial charge is 0.341 e. The van der Waals surface area contributed by atoms with E-state index in [2.05, 4.69) is 5.32 Å². The Morgan fingerprint density at radius 2 is 1.93 bits per heavy atom. The number of nitrogens with zero attached hydrogens (tertiary/aromatic N) is 2. The summed E-state index contributed by atoms with van der Waals surface area (Å²) < 4.78 is 10.6. The van der Waals surface area contributed by atoms with Crippen molar-refractivity contribution in [3.8, 4) is 0 Å². The highest BCUT2D eigenvalue weighted by atomic mass is 32.1. The predicted octanol–water partition coefficient (Wildman–Crippen LogP) is 1.80. The van der Waals surface area contributed by atoms with Crippen molar-refractivity contribution in [1.82, 2.24) is 9.80 Å². The van der Waals surface area contributed by atoms with E-state index in [9.17, 15) is 14.4 Å². The van der Waals surface area contributed by atoms with E-state index in [1.54, 1.807) is 6.92 Å². The number of hydrogen-bond donors (Lipinski definition) is 1. The highest BCUT2D eigenvalue weighted by molar-refractivity contribution is 7.16. The number of esters is 1. The monoisotopic (exact) mass is 423 g/mol. The van der Waals surface area contributed by atoms with E-state index in [4.69, 9.17) is 9.47 Å². The van der Waals surface area contributed by atoms with Crippen molar-refractivity contribution >= 4 is 34.1 Å². The summed E-state index contributed by atoms with van der Waals surface area (Å²) in [5.74, 6) is -0.517. The number of rotatable bonds is 6. The van der Waals surface area contributed by atoms with E-state index in [0.717, 1.165) is 23.3 Å². The summed E-state index contributed by atoms with van der Waals surface area (Å²) in [6, 6.07) is 0. The maximum Gasteiger partial charge on any atom is 0.341 e. The molecule has 0 aromatic carbocycles. The molecular weight excluding hydrogens is 394 g/mol. The van der Waals surface area contributed by atoms with Gasteiger partial charge in [0.2, 0.25) is 5.91 Å². The molecule has 2 saturated heterocycles. The lowest BCUT2D eigenvalue weighted by molar-refractivity contribution is -0.142. The van der Waals surface area contributed by atoms with Gasteiger partial charge in [0.05, 0.1) is 18.7 Å². The van der Waals surface area contributed by atoms with Crippen LogP contribution in [0.1, 0.15) is 40.6 Å². The van der Waals surface area contributed by atoms with Gasteiger partial charge >= 0.3 is 5.97 Å². The first-order valence-corrected chi connectivity index (χ1v) is 10.9. The Morgan fingerprint density at radius 1 is 1.21 bits per heavy atom. The zero-order chi connectivity index (χ0) is 21.0. The number of carbonyl (C=O) groups excluding carboxylic acids is 3. The molecular formula is C20H29N3O5S. The molecule has 1 atom stereocenters. The van der Waals surface area contributed by atoms with Crippen molar-refractivity contribution in [3.05, 3.63) is 16.0 Å². The van der Waals surface area contributed by atoms with Crippen LogP contribution >= 0.6 is 11.3 Å². The normalized spacial score (nSPS) is 20.0. The molecule has 29 heavy (non-hydrogen) atoms. The van der Waals surface area contributed by atoms with Crippen LogP contribution in [0.4, 0.5) is 5.00 Å². The van der Waals surface area contributed by atoms with E-state index in [1.165, 1.54) is 11.3 Å². The zero-order valence-corrected chi connectivity index (χ0v) is 18.1. The summed E-state index contributed by atoms with van der Waals surface area (Å²) in [7, 11) is 0. The SMILES string of the molecule is CCOC(=O)c1c(NC(=O)CN2CCN(C(=O)[C@H]3CCCO3)CC2)sc(C)c1C. The van der Waals surface area contributed by atoms with Crippen molar-refractivity contribution in [1.29, 1.82) is 0 Å². The van der Waals surface area contributed by atoms with E-state index in [-0.39, 0.29) is 31.1 Å². The molecule has 2 aliphatic heterocycles. The number of carbonyl (C=O) groups is 3. The topological polar surface area (TPSA) is 88.2 Å². The second-order valence-electron chi connectivity index (χ2n) is 7.36. The molecule has 9 heteroatoms. The first kappa shape index (κ1) is 21.7. The number of hydrogen-bond acceptors (Lipinski definition) is 7. The van der Waals surface area contributed by atoms with Crippen molar-refractivity contribution < 1.29 is 23.9 Å². The Labute approximate surface area is 175 Å². The third kappa shape index (κ3) is 5.15. The minimum absolute atomic E-state index is 0.0650. The molecule has 0 radical (unpaired) electrons. The number of nitrogens with one attached hydrogen (secondary N) is 1. The number of thiophene rings is 1. The van der Waals surface area contributed by atoms with E-state index in [1.807, 2.05) is 23.6 Å². The summed E-state index contributed by atoms with van der Waals surface area (Å²) in [5.41, 5.74) is 1.28. The minimum Gasteiger partial charge on any atom is -0.462 e. The zero-order valence-electron chi connectivity index (χ0n) is 17.3. The molecule has 0 unspecified atom stereocenters. The molecule has 3 rings (SSSR count). The molecule has 2 amide bonds. The van der Waals surface area contributed by atoms with Crippen LogP contribution in [-0.4, -0.2) is 79.6 Å². The molecule has 0 aliphatic carbocycles. The highest BCUT2D eigenvalue weighted by Crippen LogP contribution is 2.33. The van der Waals surface area contributed by atoms with Gasteiger partial charge < -0.3 is 19.7 Å².